The Balaban J connectivity index is 2.32. The SMILES string of the molecule is CC(C)(C)OC(=O)CN1C(=O)[C@@H](NC(=O)OC(C)(C)C)CC(O)c2ccccc21. The number of aliphatic hydroxyl groups excluding tert-OH is 1. The minimum atomic E-state index is -1.06. The lowest BCUT2D eigenvalue weighted by Gasteiger charge is -2.28. The molecule has 2 amide bonds. The molecule has 1 aliphatic rings. The molecule has 0 radical (unpaired) electrons. The second kappa shape index (κ2) is 8.41. The molecule has 8 nitrogen and oxygen atoms in total. The molecule has 2 N–H and O–H groups in total. The Morgan fingerprint density at radius 2 is 1.69 bits per heavy atom. The van der Waals surface area contributed by atoms with Crippen LogP contribution in [0.15, 0.2) is 24.3 Å². The molecule has 0 bridgehead atoms. The fraction of sp³-hybridized carbons (Fsp3) is 0.571. The number of alkyl carbamates (subject to hydrolysis) is 1. The van der Waals surface area contributed by atoms with Gasteiger partial charge in [-0.2, -0.15) is 0 Å². The molecular formula is C21H30N2O6. The van der Waals surface area contributed by atoms with Crippen LogP contribution < -0.4 is 10.2 Å². The highest BCUT2D eigenvalue weighted by atomic mass is 16.6. The van der Waals surface area contributed by atoms with Gasteiger partial charge >= 0.3 is 12.1 Å². The summed E-state index contributed by atoms with van der Waals surface area (Å²) in [6, 6.07) is 5.72. The molecule has 1 aliphatic heterocycles. The quantitative estimate of drug-likeness (QED) is 0.748. The molecule has 1 aromatic carbocycles. The molecule has 0 saturated carbocycles. The third kappa shape index (κ3) is 6.45. The molecule has 0 saturated heterocycles. The first-order valence-corrected chi connectivity index (χ1v) is 9.56. The highest BCUT2D eigenvalue weighted by Crippen LogP contribution is 2.33. The molecule has 29 heavy (non-hydrogen) atoms. The van der Waals surface area contributed by atoms with E-state index in [-0.39, 0.29) is 13.0 Å². The molecule has 1 aromatic rings. The van der Waals surface area contributed by atoms with Crippen LogP contribution in [0, 0.1) is 0 Å². The molecule has 1 heterocycles. The molecular weight excluding hydrogens is 376 g/mol. The van der Waals surface area contributed by atoms with E-state index in [1.54, 1.807) is 65.8 Å². The van der Waals surface area contributed by atoms with E-state index in [9.17, 15) is 19.5 Å². The van der Waals surface area contributed by atoms with Gasteiger partial charge < -0.3 is 19.9 Å². The number of nitrogens with one attached hydrogen (secondary N) is 1. The van der Waals surface area contributed by atoms with Crippen molar-refractivity contribution in [3.8, 4) is 0 Å². The van der Waals surface area contributed by atoms with Gasteiger partial charge in [0.2, 0.25) is 5.91 Å². The van der Waals surface area contributed by atoms with Crippen LogP contribution in [0.25, 0.3) is 0 Å². The van der Waals surface area contributed by atoms with E-state index in [1.807, 2.05) is 0 Å². The van der Waals surface area contributed by atoms with Crippen LogP contribution in [0.2, 0.25) is 0 Å². The Kier molecular flexibility index (Phi) is 6.57. The lowest BCUT2D eigenvalue weighted by molar-refractivity contribution is -0.153. The molecule has 0 fully saturated rings. The maximum absolute atomic E-state index is 13.2. The smallest absolute Gasteiger partial charge is 0.408 e. The number of carbonyl (C=O) groups is 3. The number of anilines is 1. The molecule has 2 atom stereocenters. The monoisotopic (exact) mass is 406 g/mol. The lowest BCUT2D eigenvalue weighted by atomic mass is 10.0. The zero-order chi connectivity index (χ0) is 22.0. The number of ether oxygens (including phenoxy) is 2. The average Bonchev–Trinajstić information content (AvgIpc) is 2.63. The predicted octanol–water partition coefficient (Wildman–Crippen LogP) is 2.69. The number of amides is 2. The maximum atomic E-state index is 13.2. The summed E-state index contributed by atoms with van der Waals surface area (Å²) in [6.07, 6.45) is -1.81. The maximum Gasteiger partial charge on any atom is 0.408 e. The predicted molar refractivity (Wildman–Crippen MR) is 107 cm³/mol. The van der Waals surface area contributed by atoms with Crippen LogP contribution in [-0.2, 0) is 19.1 Å². The van der Waals surface area contributed by atoms with Crippen molar-refractivity contribution < 1.29 is 29.0 Å². The second-order valence-corrected chi connectivity index (χ2v) is 9.02. The first-order chi connectivity index (χ1) is 13.3. The molecule has 2 rings (SSSR count). The van der Waals surface area contributed by atoms with Gasteiger partial charge in [-0.25, -0.2) is 4.79 Å². The van der Waals surface area contributed by atoms with E-state index in [1.165, 1.54) is 4.90 Å². The van der Waals surface area contributed by atoms with E-state index >= 15 is 0 Å². The minimum Gasteiger partial charge on any atom is -0.459 e. The summed E-state index contributed by atoms with van der Waals surface area (Å²) in [6.45, 7) is 9.99. The van der Waals surface area contributed by atoms with E-state index in [0.717, 1.165) is 0 Å². The molecule has 1 unspecified atom stereocenters. The summed E-state index contributed by atoms with van der Waals surface area (Å²) >= 11 is 0. The van der Waals surface area contributed by atoms with Crippen LogP contribution in [0.4, 0.5) is 10.5 Å². The summed E-state index contributed by atoms with van der Waals surface area (Å²) < 4.78 is 10.6. The number of nitrogens with zero attached hydrogens (tertiary/aromatic N) is 1. The third-order valence-corrected chi connectivity index (χ3v) is 4.01. The fourth-order valence-electron chi connectivity index (χ4n) is 3.01. The normalized spacial score (nSPS) is 19.8. The van der Waals surface area contributed by atoms with Crippen LogP contribution in [0.3, 0.4) is 0 Å². The van der Waals surface area contributed by atoms with Gasteiger partial charge in [0.1, 0.15) is 23.8 Å². The highest BCUT2D eigenvalue weighted by molar-refractivity contribution is 6.03. The van der Waals surface area contributed by atoms with Crippen molar-refractivity contribution in [2.45, 2.75) is 71.3 Å². The molecule has 8 heteroatoms. The van der Waals surface area contributed by atoms with Crippen molar-refractivity contribution in [2.24, 2.45) is 0 Å². The first kappa shape index (κ1) is 22.7. The van der Waals surface area contributed by atoms with Crippen molar-refractivity contribution in [1.29, 1.82) is 0 Å². The van der Waals surface area contributed by atoms with Gasteiger partial charge in [0, 0.05) is 12.0 Å². The van der Waals surface area contributed by atoms with E-state index in [0.29, 0.717) is 11.3 Å². The molecule has 0 aliphatic carbocycles. The molecule has 160 valence electrons. The molecule has 0 aromatic heterocycles. The van der Waals surface area contributed by atoms with Crippen molar-refractivity contribution in [2.75, 3.05) is 11.4 Å². The largest absolute Gasteiger partial charge is 0.459 e. The van der Waals surface area contributed by atoms with Crippen molar-refractivity contribution >= 4 is 23.7 Å². The number of para-hydroxylation sites is 1. The zero-order valence-electron chi connectivity index (χ0n) is 17.8. The van der Waals surface area contributed by atoms with E-state index in [2.05, 4.69) is 5.32 Å². The number of esters is 1. The number of benzene rings is 1. The van der Waals surface area contributed by atoms with Crippen LogP contribution >= 0.6 is 0 Å². The molecule has 0 spiro atoms. The topological polar surface area (TPSA) is 105 Å². The fourth-order valence-corrected chi connectivity index (χ4v) is 3.01. The number of fused-ring (bicyclic) bond motifs is 1. The summed E-state index contributed by atoms with van der Waals surface area (Å²) in [4.78, 5) is 39.0. The number of aliphatic hydroxyl groups is 1. The number of hydrogen-bond acceptors (Lipinski definition) is 6. The second-order valence-electron chi connectivity index (χ2n) is 9.02. The van der Waals surface area contributed by atoms with Crippen LogP contribution in [0.1, 0.15) is 59.6 Å². The van der Waals surface area contributed by atoms with Gasteiger partial charge in [0.25, 0.3) is 0 Å². The van der Waals surface area contributed by atoms with Gasteiger partial charge in [-0.15, -0.1) is 0 Å². The zero-order valence-corrected chi connectivity index (χ0v) is 17.8. The van der Waals surface area contributed by atoms with Crippen LogP contribution in [0.5, 0.6) is 0 Å². The van der Waals surface area contributed by atoms with Gasteiger partial charge in [-0.3, -0.25) is 14.5 Å². The standard InChI is InChI=1S/C21H30N2O6/c1-20(2,3)28-17(25)12-23-15-10-8-7-9-13(15)16(24)11-14(18(23)26)22-19(27)29-21(4,5)6/h7-10,14,16,24H,11-12H2,1-6H3,(H,22,27)/t14-,16?/m0/s1. The number of hydrogen-bond donors (Lipinski definition) is 2. The van der Waals surface area contributed by atoms with Gasteiger partial charge in [0.15, 0.2) is 0 Å². The van der Waals surface area contributed by atoms with Gasteiger partial charge in [0.05, 0.1) is 11.8 Å². The Morgan fingerprint density at radius 3 is 2.28 bits per heavy atom. The van der Waals surface area contributed by atoms with E-state index in [4.69, 9.17) is 9.47 Å². The summed E-state index contributed by atoms with van der Waals surface area (Å²) in [7, 11) is 0. The number of carbonyl (C=O) groups excluding carboxylic acids is 3. The van der Waals surface area contributed by atoms with Crippen LogP contribution in [-0.4, -0.2) is 46.9 Å². The Labute approximate surface area is 171 Å². The Hall–Kier alpha value is -2.61. The van der Waals surface area contributed by atoms with E-state index < -0.39 is 41.3 Å². The highest BCUT2D eigenvalue weighted by Gasteiger charge is 2.37. The first-order valence-electron chi connectivity index (χ1n) is 9.56. The van der Waals surface area contributed by atoms with Gasteiger partial charge in [-0.05, 0) is 47.6 Å². The van der Waals surface area contributed by atoms with Crippen molar-refractivity contribution in [3.63, 3.8) is 0 Å². The van der Waals surface area contributed by atoms with Crippen molar-refractivity contribution in [1.82, 2.24) is 5.32 Å². The van der Waals surface area contributed by atoms with Gasteiger partial charge in [-0.1, -0.05) is 18.2 Å². The Bertz CT molecular complexity index is 778. The minimum absolute atomic E-state index is 0.0418. The number of rotatable bonds is 3. The Morgan fingerprint density at radius 1 is 1.10 bits per heavy atom. The average molecular weight is 406 g/mol. The lowest BCUT2D eigenvalue weighted by Crippen LogP contribution is -2.51. The third-order valence-electron chi connectivity index (χ3n) is 4.01. The summed E-state index contributed by atoms with van der Waals surface area (Å²) in [5, 5.41) is 13.1. The van der Waals surface area contributed by atoms with Crippen molar-refractivity contribution in [3.05, 3.63) is 29.8 Å². The summed E-state index contributed by atoms with van der Waals surface area (Å²) in [5.74, 6) is -1.11. The summed E-state index contributed by atoms with van der Waals surface area (Å²) in [5.41, 5.74) is -0.545.